The minimum atomic E-state index is -1.48. The Morgan fingerprint density at radius 2 is 1.09 bits per heavy atom. The van der Waals surface area contributed by atoms with Crippen molar-refractivity contribution < 1.29 is 17.4 Å². The second-order valence-electron chi connectivity index (χ2n) is 6.73. The predicted molar refractivity (Wildman–Crippen MR) is 102 cm³/mol. The Labute approximate surface area is 155 Å². The number of halogens is 2. The van der Waals surface area contributed by atoms with Crippen molar-refractivity contribution in [1.29, 1.82) is 0 Å². The van der Waals surface area contributed by atoms with Crippen molar-refractivity contribution in [2.75, 3.05) is 0 Å². The first-order chi connectivity index (χ1) is 9.25. The standard InChI is InChI=1S/2C8H11.C3H6.2ClH.Ti/c2*1-6-4-7(2)8(3)5-6;1-3-2;;;/h2*4,6H,1-3H3;1-2H3;2*1H;. The van der Waals surface area contributed by atoms with E-state index in [-0.39, 0.29) is 24.8 Å². The van der Waals surface area contributed by atoms with Crippen LogP contribution in [-0.2, 0) is 17.4 Å². The normalized spacial score (nSPS) is 23.8. The van der Waals surface area contributed by atoms with Crippen molar-refractivity contribution in [2.45, 2.75) is 55.4 Å². The van der Waals surface area contributed by atoms with E-state index in [0.717, 1.165) is 0 Å². The molecule has 2 rings (SSSR count). The van der Waals surface area contributed by atoms with Gasteiger partial charge in [0, 0.05) is 0 Å². The molecule has 22 heavy (non-hydrogen) atoms. The third-order valence-electron chi connectivity index (χ3n) is 4.94. The molecule has 0 saturated carbocycles. The zero-order valence-corrected chi connectivity index (χ0v) is 18.3. The van der Waals surface area contributed by atoms with Crippen LogP contribution >= 0.6 is 24.8 Å². The molecular formula is C19H30Cl2Ti. The molecule has 0 aliphatic heterocycles. The molecule has 2 unspecified atom stereocenters. The molecule has 0 aromatic heterocycles. The van der Waals surface area contributed by atoms with E-state index in [1.807, 2.05) is 0 Å². The predicted octanol–water partition coefficient (Wildman–Crippen LogP) is 6.40. The van der Waals surface area contributed by atoms with Gasteiger partial charge in [0.15, 0.2) is 0 Å². The average molecular weight is 377 g/mol. The summed E-state index contributed by atoms with van der Waals surface area (Å²) in [6.07, 6.45) is 4.94. The Hall–Kier alpha value is 0.124. The van der Waals surface area contributed by atoms with Gasteiger partial charge in [-0.25, -0.2) is 0 Å². The number of allylic oxidation sites excluding steroid dienone is 8. The minimum Gasteiger partial charge on any atom is -0.147 e. The van der Waals surface area contributed by atoms with Gasteiger partial charge in [0.25, 0.3) is 0 Å². The molecular weight excluding hydrogens is 347 g/mol. The first kappa shape index (κ1) is 22.1. The van der Waals surface area contributed by atoms with Crippen LogP contribution in [-0.4, -0.2) is 3.81 Å². The van der Waals surface area contributed by atoms with Crippen molar-refractivity contribution in [1.82, 2.24) is 0 Å². The van der Waals surface area contributed by atoms with E-state index in [1.165, 1.54) is 11.1 Å². The first-order valence-electron chi connectivity index (χ1n) is 7.73. The summed E-state index contributed by atoms with van der Waals surface area (Å²) in [4.78, 5) is 0. The van der Waals surface area contributed by atoms with Crippen LogP contribution in [0, 0.1) is 11.8 Å². The summed E-state index contributed by atoms with van der Waals surface area (Å²) in [5.74, 6) is 1.29. The van der Waals surface area contributed by atoms with Crippen molar-refractivity contribution in [3.8, 4) is 0 Å². The maximum absolute atomic E-state index is 2.47. The summed E-state index contributed by atoms with van der Waals surface area (Å²) in [6.45, 7) is 18.8. The molecule has 0 N–H and O–H groups in total. The van der Waals surface area contributed by atoms with Gasteiger partial charge >= 0.3 is 131 Å². The second-order valence-corrected chi connectivity index (χ2v) is 11.1. The zero-order chi connectivity index (χ0) is 15.2. The van der Waals surface area contributed by atoms with Crippen LogP contribution in [0.5, 0.6) is 0 Å². The average Bonchev–Trinajstić information content (AvgIpc) is 2.72. The largest absolute Gasteiger partial charge is 0.147 e. The Kier molecular flexibility index (Phi) is 8.34. The molecule has 0 bridgehead atoms. The Balaban J connectivity index is 0.00000220. The summed E-state index contributed by atoms with van der Waals surface area (Å²) in [6, 6.07) is 0. The Morgan fingerprint density at radius 3 is 1.27 bits per heavy atom. The van der Waals surface area contributed by atoms with E-state index in [0.29, 0.717) is 11.8 Å². The molecule has 124 valence electrons. The summed E-state index contributed by atoms with van der Waals surface area (Å²) >= 11 is -1.48. The van der Waals surface area contributed by atoms with Gasteiger partial charge < -0.3 is 0 Å². The van der Waals surface area contributed by atoms with Gasteiger partial charge in [0.05, 0.1) is 0 Å². The quantitative estimate of drug-likeness (QED) is 0.489. The molecule has 0 aromatic carbocycles. The number of hydrogen-bond donors (Lipinski definition) is 0. The van der Waals surface area contributed by atoms with Crippen LogP contribution in [0.1, 0.15) is 55.4 Å². The molecule has 2 aliphatic carbocycles. The van der Waals surface area contributed by atoms with Gasteiger partial charge in [-0.1, -0.05) is 0 Å². The third kappa shape index (κ3) is 3.78. The smallest absolute Gasteiger partial charge is 0.147 e. The van der Waals surface area contributed by atoms with E-state index < -0.39 is 17.4 Å². The van der Waals surface area contributed by atoms with Crippen molar-refractivity contribution in [3.05, 3.63) is 42.2 Å². The van der Waals surface area contributed by atoms with E-state index in [2.05, 4.69) is 67.5 Å². The molecule has 0 nitrogen and oxygen atoms in total. The molecule has 0 aromatic rings. The van der Waals surface area contributed by atoms with Crippen LogP contribution in [0.15, 0.2) is 42.2 Å². The molecule has 0 spiro atoms. The molecule has 3 heteroatoms. The summed E-state index contributed by atoms with van der Waals surface area (Å²) in [5, 5.41) is 0. The van der Waals surface area contributed by atoms with Gasteiger partial charge in [0.1, 0.15) is 0 Å². The fourth-order valence-electron chi connectivity index (χ4n) is 3.79. The van der Waals surface area contributed by atoms with Crippen molar-refractivity contribution in [2.24, 2.45) is 11.8 Å². The number of rotatable bonds is 2. The van der Waals surface area contributed by atoms with Crippen LogP contribution in [0.25, 0.3) is 0 Å². The van der Waals surface area contributed by atoms with Gasteiger partial charge in [-0.15, -0.1) is 24.8 Å². The summed E-state index contributed by atoms with van der Waals surface area (Å²) in [7, 11) is 0. The maximum Gasteiger partial charge on any atom is -0.147 e. The van der Waals surface area contributed by atoms with Crippen molar-refractivity contribution in [3.63, 3.8) is 0 Å². The molecule has 0 saturated heterocycles. The molecule has 0 radical (unpaired) electrons. The molecule has 0 fully saturated rings. The van der Waals surface area contributed by atoms with E-state index in [1.54, 1.807) is 22.7 Å². The second kappa shape index (κ2) is 8.29. The number of hydrogen-bond acceptors (Lipinski definition) is 0. The SMILES string of the molecule is CC1=CC(C)[C]([Ti]([C]2=C(C)C(C)=CC2C)=[C](C)C)=C1C.Cl.Cl. The molecule has 0 heterocycles. The van der Waals surface area contributed by atoms with E-state index >= 15 is 0 Å². The van der Waals surface area contributed by atoms with Crippen LogP contribution < -0.4 is 0 Å². The van der Waals surface area contributed by atoms with E-state index in [4.69, 9.17) is 0 Å². The van der Waals surface area contributed by atoms with Crippen LogP contribution in [0.2, 0.25) is 0 Å². The van der Waals surface area contributed by atoms with Gasteiger partial charge in [0.2, 0.25) is 0 Å². The van der Waals surface area contributed by atoms with Crippen LogP contribution in [0.3, 0.4) is 0 Å². The fourth-order valence-corrected chi connectivity index (χ4v) is 9.39. The maximum atomic E-state index is 2.47. The van der Waals surface area contributed by atoms with Gasteiger partial charge in [-0.3, -0.25) is 0 Å². The minimum absolute atomic E-state index is 0. The first-order valence-corrected chi connectivity index (χ1v) is 10.1. The van der Waals surface area contributed by atoms with E-state index in [9.17, 15) is 0 Å². The van der Waals surface area contributed by atoms with Crippen LogP contribution in [0.4, 0.5) is 0 Å². The summed E-state index contributed by atoms with van der Waals surface area (Å²) in [5.41, 5.74) is 6.19. The zero-order valence-electron chi connectivity index (χ0n) is 15.1. The monoisotopic (exact) mass is 376 g/mol. The topological polar surface area (TPSA) is 0 Å². The third-order valence-corrected chi connectivity index (χ3v) is 10.8. The van der Waals surface area contributed by atoms with Crippen molar-refractivity contribution >= 4 is 28.6 Å². The Bertz CT molecular complexity index is 563. The molecule has 2 aliphatic rings. The molecule has 2 atom stereocenters. The van der Waals surface area contributed by atoms with Gasteiger partial charge in [-0.05, 0) is 0 Å². The molecule has 0 amide bonds. The summed E-state index contributed by atoms with van der Waals surface area (Å²) < 4.78 is 5.29. The fraction of sp³-hybridized carbons (Fsp3) is 0.526. The Morgan fingerprint density at radius 1 is 0.773 bits per heavy atom. The van der Waals surface area contributed by atoms with Gasteiger partial charge in [-0.2, -0.15) is 0 Å².